The van der Waals surface area contributed by atoms with E-state index in [1.54, 1.807) is 14.2 Å². The average molecular weight is 105 g/mol. The first-order valence-electron chi connectivity index (χ1n) is 2.16. The lowest BCUT2D eigenvalue weighted by Crippen LogP contribution is -1.99. The molecular weight excluding hydrogens is 90.1 g/mol. The smallest absolute Gasteiger partial charge is 0.0351 e. The third-order valence-electron chi connectivity index (χ3n) is 0. The molecule has 0 N–H and O–H groups in total. The number of ether oxygens (including phenoxy) is 1. The lowest BCUT2D eigenvalue weighted by molar-refractivity contribution is 0.277. The van der Waals surface area contributed by atoms with E-state index in [0.29, 0.717) is 0 Å². The molecule has 2 heteroatoms. The molecule has 0 spiro atoms. The van der Waals surface area contributed by atoms with Crippen LogP contribution in [0.15, 0.2) is 0 Å². The summed E-state index contributed by atoms with van der Waals surface area (Å²) in [6, 6.07) is 0. The summed E-state index contributed by atoms with van der Waals surface area (Å²) in [7, 11) is 9.25. The number of hydrogen-bond acceptors (Lipinski definition) is 2. The second-order valence-corrected chi connectivity index (χ2v) is 1.75. The highest BCUT2D eigenvalue weighted by atomic mass is 16.4. The van der Waals surface area contributed by atoms with Crippen LogP contribution < -0.4 is 0 Å². The fourth-order valence-corrected chi connectivity index (χ4v) is 0. The van der Waals surface area contributed by atoms with E-state index in [1.165, 1.54) is 0 Å². The molecule has 0 bridgehead atoms. The van der Waals surface area contributed by atoms with Crippen molar-refractivity contribution >= 4 is 0 Å². The molecule has 0 atom stereocenters. The Balaban J connectivity index is 0. The lowest BCUT2D eigenvalue weighted by atomic mass is 11.0. The molecule has 0 fully saturated rings. The Morgan fingerprint density at radius 2 is 1.00 bits per heavy atom. The Bertz CT molecular complexity index is 19.3. The molecule has 0 aliphatic rings. The summed E-state index contributed by atoms with van der Waals surface area (Å²) in [5, 5.41) is 0. The first-order valence-corrected chi connectivity index (χ1v) is 2.16. The van der Waals surface area contributed by atoms with Crippen molar-refractivity contribution in [1.29, 1.82) is 0 Å². The quantitative estimate of drug-likeness (QED) is 0.443. The van der Waals surface area contributed by atoms with Gasteiger partial charge in [-0.15, -0.1) is 0 Å². The van der Waals surface area contributed by atoms with Crippen LogP contribution in [-0.2, 0) is 4.74 Å². The number of hydrogen-bond donors (Lipinski definition) is 0. The number of rotatable bonds is 0. The van der Waals surface area contributed by atoms with Crippen LogP contribution in [0.2, 0.25) is 0 Å². The second kappa shape index (κ2) is 9.33. The Kier molecular flexibility index (Phi) is 13.3. The minimum atomic E-state index is 1.62. The largest absolute Gasteiger partial charge is 0.388 e. The molecule has 0 aromatic heterocycles. The van der Waals surface area contributed by atoms with Crippen LogP contribution in [0.3, 0.4) is 0 Å². The second-order valence-electron chi connectivity index (χ2n) is 1.75. The summed E-state index contributed by atoms with van der Waals surface area (Å²) in [6.07, 6.45) is 0. The average Bonchev–Trinajstić information content (AvgIpc) is 1.33. The molecule has 0 saturated heterocycles. The summed E-state index contributed by atoms with van der Waals surface area (Å²) in [5.74, 6) is 0. The molecule has 0 rings (SSSR count). The molecular formula is C5H15NO. The standard InChI is InChI=1S/C3H9N.C2H6O/c1-4(2)3;1-3-2/h1-3H3;1-2H3. The van der Waals surface area contributed by atoms with Crippen molar-refractivity contribution in [2.75, 3.05) is 35.4 Å². The lowest BCUT2D eigenvalue weighted by Gasteiger charge is -1.90. The van der Waals surface area contributed by atoms with Crippen LogP contribution in [0.4, 0.5) is 0 Å². The van der Waals surface area contributed by atoms with E-state index in [4.69, 9.17) is 0 Å². The zero-order valence-corrected chi connectivity index (χ0v) is 5.86. The van der Waals surface area contributed by atoms with Gasteiger partial charge in [-0.2, -0.15) is 0 Å². The summed E-state index contributed by atoms with van der Waals surface area (Å²) < 4.78 is 4.25. The zero-order valence-electron chi connectivity index (χ0n) is 5.86. The molecule has 2 nitrogen and oxygen atoms in total. The van der Waals surface area contributed by atoms with Crippen LogP contribution in [0.1, 0.15) is 0 Å². The maximum atomic E-state index is 4.25. The van der Waals surface area contributed by atoms with Gasteiger partial charge in [0.2, 0.25) is 0 Å². The van der Waals surface area contributed by atoms with Crippen LogP contribution in [0, 0.1) is 0 Å². The number of nitrogens with zero attached hydrogens (tertiary/aromatic N) is 1. The van der Waals surface area contributed by atoms with Gasteiger partial charge >= 0.3 is 0 Å². The van der Waals surface area contributed by atoms with E-state index in [2.05, 4.69) is 4.74 Å². The van der Waals surface area contributed by atoms with Crippen molar-refractivity contribution in [2.45, 2.75) is 0 Å². The Morgan fingerprint density at radius 1 is 1.00 bits per heavy atom. The van der Waals surface area contributed by atoms with Crippen LogP contribution in [-0.4, -0.2) is 40.3 Å². The summed E-state index contributed by atoms with van der Waals surface area (Å²) in [6.45, 7) is 0. The van der Waals surface area contributed by atoms with E-state index >= 15 is 0 Å². The van der Waals surface area contributed by atoms with Gasteiger partial charge in [0.1, 0.15) is 0 Å². The molecule has 46 valence electrons. The van der Waals surface area contributed by atoms with Crippen molar-refractivity contribution in [3.63, 3.8) is 0 Å². The van der Waals surface area contributed by atoms with E-state index in [0.717, 1.165) is 0 Å². The van der Waals surface area contributed by atoms with Crippen molar-refractivity contribution in [3.05, 3.63) is 0 Å². The van der Waals surface area contributed by atoms with Gasteiger partial charge in [0, 0.05) is 14.2 Å². The minimum Gasteiger partial charge on any atom is -0.388 e. The minimum absolute atomic E-state index is 1.62. The van der Waals surface area contributed by atoms with Crippen molar-refractivity contribution in [2.24, 2.45) is 0 Å². The predicted molar refractivity (Wildman–Crippen MR) is 32.5 cm³/mol. The van der Waals surface area contributed by atoms with Crippen LogP contribution >= 0.6 is 0 Å². The highest BCUT2D eigenvalue weighted by Crippen LogP contribution is 1.47. The fraction of sp³-hybridized carbons (Fsp3) is 1.00. The fourth-order valence-electron chi connectivity index (χ4n) is 0. The Morgan fingerprint density at radius 3 is 1.00 bits per heavy atom. The normalized spacial score (nSPS) is 7.71. The highest BCUT2D eigenvalue weighted by Gasteiger charge is 1.58. The van der Waals surface area contributed by atoms with Gasteiger partial charge in [0.15, 0.2) is 0 Å². The van der Waals surface area contributed by atoms with Crippen molar-refractivity contribution < 1.29 is 4.74 Å². The van der Waals surface area contributed by atoms with E-state index in [-0.39, 0.29) is 0 Å². The summed E-state index contributed by atoms with van der Waals surface area (Å²) in [4.78, 5) is 2.00. The zero-order chi connectivity index (χ0) is 6.28. The molecule has 0 radical (unpaired) electrons. The first kappa shape index (κ1) is 10.0. The van der Waals surface area contributed by atoms with Crippen molar-refractivity contribution in [3.8, 4) is 0 Å². The maximum Gasteiger partial charge on any atom is 0.0351 e. The van der Waals surface area contributed by atoms with Gasteiger partial charge in [-0.1, -0.05) is 0 Å². The van der Waals surface area contributed by atoms with E-state index < -0.39 is 0 Å². The van der Waals surface area contributed by atoms with Gasteiger partial charge in [-0.05, 0) is 21.1 Å². The SMILES string of the molecule is CN(C)C.COC. The highest BCUT2D eigenvalue weighted by molar-refractivity contribution is 4.09. The molecule has 0 unspecified atom stereocenters. The Hall–Kier alpha value is -0.0800. The topological polar surface area (TPSA) is 12.5 Å². The molecule has 0 aliphatic carbocycles. The molecule has 0 amide bonds. The molecule has 0 aromatic carbocycles. The van der Waals surface area contributed by atoms with E-state index in [9.17, 15) is 0 Å². The number of methoxy groups -OCH3 is 1. The van der Waals surface area contributed by atoms with Crippen LogP contribution in [0.25, 0.3) is 0 Å². The third-order valence-corrected chi connectivity index (χ3v) is 0. The molecule has 0 aromatic rings. The van der Waals surface area contributed by atoms with Gasteiger partial charge in [0.05, 0.1) is 0 Å². The molecule has 7 heavy (non-hydrogen) atoms. The summed E-state index contributed by atoms with van der Waals surface area (Å²) in [5.41, 5.74) is 0. The Labute approximate surface area is 46.1 Å². The van der Waals surface area contributed by atoms with E-state index in [1.807, 2.05) is 26.0 Å². The van der Waals surface area contributed by atoms with Gasteiger partial charge < -0.3 is 9.64 Å². The monoisotopic (exact) mass is 105 g/mol. The van der Waals surface area contributed by atoms with Crippen molar-refractivity contribution in [1.82, 2.24) is 4.90 Å². The van der Waals surface area contributed by atoms with Gasteiger partial charge in [-0.25, -0.2) is 0 Å². The molecule has 0 saturated carbocycles. The van der Waals surface area contributed by atoms with Crippen LogP contribution in [0.5, 0.6) is 0 Å². The molecule has 0 heterocycles. The first-order chi connectivity index (χ1) is 3.15. The maximum absolute atomic E-state index is 4.25. The predicted octanol–water partition coefficient (Wildman–Crippen LogP) is 0.440. The molecule has 0 aliphatic heterocycles. The van der Waals surface area contributed by atoms with Gasteiger partial charge in [-0.3, -0.25) is 0 Å². The third kappa shape index (κ3) is 14200. The summed E-state index contributed by atoms with van der Waals surface area (Å²) >= 11 is 0. The van der Waals surface area contributed by atoms with Gasteiger partial charge in [0.25, 0.3) is 0 Å².